The highest BCUT2D eigenvalue weighted by Crippen LogP contribution is 2.09. The Bertz CT molecular complexity index is 747. The van der Waals surface area contributed by atoms with Gasteiger partial charge in [-0.25, -0.2) is 4.98 Å². The maximum atomic E-state index is 12.4. The van der Waals surface area contributed by atoms with Crippen LogP contribution in [0.1, 0.15) is 42.6 Å². The average molecular weight is 302 g/mol. The number of rotatable bonds is 5. The first-order chi connectivity index (χ1) is 10.4. The second-order valence-electron chi connectivity index (χ2n) is 5.66. The quantitative estimate of drug-likeness (QED) is 0.870. The Labute approximate surface area is 129 Å². The SMILES string of the molecule is CCC(N)(CC)CNC(=O)c1cnc2ccc(C)cn2c1=O. The summed E-state index contributed by atoms with van der Waals surface area (Å²) in [6.07, 6.45) is 4.49. The van der Waals surface area contributed by atoms with Gasteiger partial charge in [0.1, 0.15) is 11.2 Å². The molecule has 0 aliphatic rings. The van der Waals surface area contributed by atoms with Gasteiger partial charge >= 0.3 is 0 Å². The molecule has 22 heavy (non-hydrogen) atoms. The first-order valence-electron chi connectivity index (χ1n) is 7.45. The van der Waals surface area contributed by atoms with Gasteiger partial charge in [0.05, 0.1) is 0 Å². The zero-order chi connectivity index (χ0) is 16.3. The third-order valence-electron chi connectivity index (χ3n) is 4.10. The minimum absolute atomic E-state index is 0.0256. The minimum Gasteiger partial charge on any atom is -0.350 e. The molecule has 2 heterocycles. The molecule has 1 amide bonds. The van der Waals surface area contributed by atoms with Crippen molar-refractivity contribution in [3.63, 3.8) is 0 Å². The summed E-state index contributed by atoms with van der Waals surface area (Å²) in [6, 6.07) is 3.62. The number of nitrogens with one attached hydrogen (secondary N) is 1. The Balaban J connectivity index is 2.29. The summed E-state index contributed by atoms with van der Waals surface area (Å²) in [4.78, 5) is 28.8. The lowest BCUT2D eigenvalue weighted by atomic mass is 9.94. The van der Waals surface area contributed by atoms with E-state index in [0.29, 0.717) is 12.2 Å². The molecule has 0 saturated heterocycles. The lowest BCUT2D eigenvalue weighted by molar-refractivity contribution is 0.0940. The van der Waals surface area contributed by atoms with Crippen molar-refractivity contribution >= 4 is 11.6 Å². The number of nitrogens with two attached hydrogens (primary N) is 1. The highest BCUT2D eigenvalue weighted by Gasteiger charge is 2.22. The fraction of sp³-hybridized carbons (Fsp3) is 0.438. The third-order valence-corrected chi connectivity index (χ3v) is 4.10. The fourth-order valence-corrected chi connectivity index (χ4v) is 2.19. The molecule has 0 radical (unpaired) electrons. The monoisotopic (exact) mass is 302 g/mol. The van der Waals surface area contributed by atoms with Crippen molar-refractivity contribution in [2.24, 2.45) is 5.73 Å². The second kappa shape index (κ2) is 6.27. The summed E-state index contributed by atoms with van der Waals surface area (Å²) < 4.78 is 1.39. The van der Waals surface area contributed by atoms with Gasteiger partial charge in [0.25, 0.3) is 11.5 Å². The summed E-state index contributed by atoms with van der Waals surface area (Å²) in [6.45, 7) is 6.16. The van der Waals surface area contributed by atoms with Crippen molar-refractivity contribution in [3.8, 4) is 0 Å². The molecule has 0 bridgehead atoms. The van der Waals surface area contributed by atoms with Crippen LogP contribution < -0.4 is 16.6 Å². The highest BCUT2D eigenvalue weighted by atomic mass is 16.2. The molecular weight excluding hydrogens is 280 g/mol. The number of amides is 1. The van der Waals surface area contributed by atoms with Gasteiger partial charge in [-0.05, 0) is 31.4 Å². The number of hydrogen-bond donors (Lipinski definition) is 2. The molecule has 118 valence electrons. The number of fused-ring (bicyclic) bond motifs is 1. The highest BCUT2D eigenvalue weighted by molar-refractivity contribution is 5.93. The zero-order valence-corrected chi connectivity index (χ0v) is 13.2. The van der Waals surface area contributed by atoms with E-state index in [9.17, 15) is 9.59 Å². The Morgan fingerprint density at radius 1 is 1.36 bits per heavy atom. The summed E-state index contributed by atoms with van der Waals surface area (Å²) in [5.74, 6) is -0.440. The van der Waals surface area contributed by atoms with Crippen LogP contribution in [-0.2, 0) is 0 Å². The number of pyridine rings is 1. The van der Waals surface area contributed by atoms with Crippen LogP contribution in [0.2, 0.25) is 0 Å². The van der Waals surface area contributed by atoms with E-state index in [-0.39, 0.29) is 11.1 Å². The summed E-state index contributed by atoms with van der Waals surface area (Å²) in [7, 11) is 0. The first-order valence-corrected chi connectivity index (χ1v) is 7.45. The molecule has 0 fully saturated rings. The summed E-state index contributed by atoms with van der Waals surface area (Å²) in [5, 5.41) is 2.74. The predicted octanol–water partition coefficient (Wildman–Crippen LogP) is 1.25. The number of hydrogen-bond acceptors (Lipinski definition) is 4. The van der Waals surface area contributed by atoms with Crippen molar-refractivity contribution in [1.82, 2.24) is 14.7 Å². The van der Waals surface area contributed by atoms with Crippen LogP contribution in [0.4, 0.5) is 0 Å². The van der Waals surface area contributed by atoms with Crippen molar-refractivity contribution in [2.75, 3.05) is 6.54 Å². The van der Waals surface area contributed by atoms with Gasteiger partial charge < -0.3 is 11.1 Å². The molecular formula is C16H22N4O2. The van der Waals surface area contributed by atoms with Gasteiger partial charge in [-0.15, -0.1) is 0 Å². The number of aryl methyl sites for hydroxylation is 1. The molecule has 0 saturated carbocycles. The predicted molar refractivity (Wildman–Crippen MR) is 86.0 cm³/mol. The van der Waals surface area contributed by atoms with Crippen LogP contribution in [0.3, 0.4) is 0 Å². The molecule has 3 N–H and O–H groups in total. The molecule has 0 aliphatic heterocycles. The molecule has 6 nitrogen and oxygen atoms in total. The van der Waals surface area contributed by atoms with Gasteiger partial charge in [-0.2, -0.15) is 0 Å². The normalized spacial score (nSPS) is 11.6. The van der Waals surface area contributed by atoms with Crippen molar-refractivity contribution in [3.05, 3.63) is 46.0 Å². The minimum atomic E-state index is -0.452. The average Bonchev–Trinajstić information content (AvgIpc) is 2.53. The van der Waals surface area contributed by atoms with Crippen LogP contribution in [0.5, 0.6) is 0 Å². The number of carbonyl (C=O) groups is 1. The smallest absolute Gasteiger partial charge is 0.270 e. The van der Waals surface area contributed by atoms with Crippen LogP contribution in [-0.4, -0.2) is 27.4 Å². The fourth-order valence-electron chi connectivity index (χ4n) is 2.19. The van der Waals surface area contributed by atoms with Gasteiger partial charge in [-0.1, -0.05) is 19.9 Å². The van der Waals surface area contributed by atoms with Gasteiger partial charge in [0.15, 0.2) is 0 Å². The van der Waals surface area contributed by atoms with Crippen molar-refractivity contribution in [1.29, 1.82) is 0 Å². The topological polar surface area (TPSA) is 89.5 Å². The lowest BCUT2D eigenvalue weighted by Gasteiger charge is -2.26. The van der Waals surface area contributed by atoms with E-state index in [0.717, 1.165) is 18.4 Å². The van der Waals surface area contributed by atoms with E-state index >= 15 is 0 Å². The Hall–Kier alpha value is -2.21. The summed E-state index contributed by atoms with van der Waals surface area (Å²) >= 11 is 0. The molecule has 0 unspecified atom stereocenters. The maximum absolute atomic E-state index is 12.4. The Morgan fingerprint density at radius 2 is 2.05 bits per heavy atom. The molecule has 0 atom stereocenters. The third kappa shape index (κ3) is 3.17. The zero-order valence-electron chi connectivity index (χ0n) is 13.2. The molecule has 0 spiro atoms. The van der Waals surface area contributed by atoms with Crippen molar-refractivity contribution < 1.29 is 4.79 Å². The number of aromatic nitrogens is 2. The van der Waals surface area contributed by atoms with E-state index in [1.165, 1.54) is 10.6 Å². The molecule has 2 aromatic rings. The molecule has 6 heteroatoms. The standard InChI is InChI=1S/C16H22N4O2/c1-4-16(17,5-2)10-19-14(21)12-8-18-13-7-6-11(3)9-20(13)15(12)22/h6-9H,4-5,10,17H2,1-3H3,(H,19,21). The Morgan fingerprint density at radius 3 is 2.68 bits per heavy atom. The van der Waals surface area contributed by atoms with Crippen LogP contribution >= 0.6 is 0 Å². The van der Waals surface area contributed by atoms with Gasteiger partial charge in [0.2, 0.25) is 0 Å². The maximum Gasteiger partial charge on any atom is 0.270 e. The van der Waals surface area contributed by atoms with Gasteiger partial charge in [-0.3, -0.25) is 14.0 Å². The van der Waals surface area contributed by atoms with E-state index in [4.69, 9.17) is 5.73 Å². The molecule has 2 aromatic heterocycles. The van der Waals surface area contributed by atoms with E-state index in [1.807, 2.05) is 26.8 Å². The summed E-state index contributed by atoms with van der Waals surface area (Å²) in [5.41, 5.74) is 6.80. The largest absolute Gasteiger partial charge is 0.350 e. The number of nitrogens with zero attached hydrogens (tertiary/aromatic N) is 2. The molecule has 0 aliphatic carbocycles. The molecule has 2 rings (SSSR count). The first kappa shape index (κ1) is 16.2. The van der Waals surface area contributed by atoms with Crippen LogP contribution in [0, 0.1) is 6.92 Å². The van der Waals surface area contributed by atoms with Gasteiger partial charge in [0, 0.05) is 24.5 Å². The molecule has 0 aromatic carbocycles. The van der Waals surface area contributed by atoms with E-state index in [2.05, 4.69) is 10.3 Å². The second-order valence-corrected chi connectivity index (χ2v) is 5.66. The van der Waals surface area contributed by atoms with E-state index < -0.39 is 11.4 Å². The lowest BCUT2D eigenvalue weighted by Crippen LogP contribution is -2.49. The van der Waals surface area contributed by atoms with Crippen LogP contribution in [0.15, 0.2) is 29.3 Å². The number of carbonyl (C=O) groups excluding carboxylic acids is 1. The van der Waals surface area contributed by atoms with E-state index in [1.54, 1.807) is 12.3 Å². The van der Waals surface area contributed by atoms with Crippen molar-refractivity contribution in [2.45, 2.75) is 39.2 Å². The Kier molecular flexibility index (Phi) is 4.61. The van der Waals surface area contributed by atoms with Crippen LogP contribution in [0.25, 0.3) is 5.65 Å².